The molecule has 2 rings (SSSR count). The van der Waals surface area contributed by atoms with Crippen molar-refractivity contribution in [3.63, 3.8) is 0 Å². The molecule has 0 aromatic heterocycles. The third-order valence-corrected chi connectivity index (χ3v) is 3.83. The molecule has 1 aromatic rings. The fraction of sp³-hybridized carbons (Fsp3) is 0.562. The molecule has 1 N–H and O–H groups in total. The largest absolute Gasteiger partial charge is 0.484 e. The van der Waals surface area contributed by atoms with E-state index in [2.05, 4.69) is 21.2 Å². The molecule has 1 atom stereocenters. The number of halogens is 1. The summed E-state index contributed by atoms with van der Waals surface area (Å²) in [6, 6.07) is 7.38. The SMILES string of the molecule is O=C(COc1ccc(Br)cc1)NCCCOCC1CCCO1. The van der Waals surface area contributed by atoms with Crippen LogP contribution in [0.3, 0.4) is 0 Å². The van der Waals surface area contributed by atoms with Crippen molar-refractivity contribution in [3.05, 3.63) is 28.7 Å². The zero-order valence-electron chi connectivity index (χ0n) is 12.6. The number of carbonyl (C=O) groups is 1. The number of rotatable bonds is 9. The molecule has 22 heavy (non-hydrogen) atoms. The molecule has 1 aromatic carbocycles. The van der Waals surface area contributed by atoms with Gasteiger partial charge in [0.15, 0.2) is 6.61 Å². The van der Waals surface area contributed by atoms with Gasteiger partial charge in [0.05, 0.1) is 12.7 Å². The summed E-state index contributed by atoms with van der Waals surface area (Å²) in [4.78, 5) is 11.6. The Bertz CT molecular complexity index is 446. The number of nitrogens with one attached hydrogen (secondary N) is 1. The minimum absolute atomic E-state index is 0.0262. The van der Waals surface area contributed by atoms with E-state index in [0.717, 1.165) is 30.3 Å². The lowest BCUT2D eigenvalue weighted by Gasteiger charge is -2.10. The standard InChI is InChI=1S/C16H22BrNO4/c17-13-4-6-14(7-5-13)22-12-16(19)18-8-2-9-20-11-15-3-1-10-21-15/h4-7,15H,1-3,8-12H2,(H,18,19). The molecule has 1 heterocycles. The van der Waals surface area contributed by atoms with Crippen LogP contribution in [0.25, 0.3) is 0 Å². The molecule has 0 saturated carbocycles. The Morgan fingerprint density at radius 1 is 1.36 bits per heavy atom. The summed E-state index contributed by atoms with van der Waals surface area (Å²) in [6.45, 7) is 2.75. The first-order chi connectivity index (χ1) is 10.7. The van der Waals surface area contributed by atoms with E-state index in [1.54, 1.807) is 0 Å². The highest BCUT2D eigenvalue weighted by atomic mass is 79.9. The lowest BCUT2D eigenvalue weighted by atomic mass is 10.2. The summed E-state index contributed by atoms with van der Waals surface area (Å²) in [5.74, 6) is 0.556. The molecule has 0 radical (unpaired) electrons. The summed E-state index contributed by atoms with van der Waals surface area (Å²) in [5, 5.41) is 2.81. The summed E-state index contributed by atoms with van der Waals surface area (Å²) in [5.41, 5.74) is 0. The van der Waals surface area contributed by atoms with Crippen LogP contribution < -0.4 is 10.1 Å². The molecule has 1 fully saturated rings. The van der Waals surface area contributed by atoms with Crippen molar-refractivity contribution in [1.29, 1.82) is 0 Å². The lowest BCUT2D eigenvalue weighted by molar-refractivity contribution is -0.123. The van der Waals surface area contributed by atoms with Crippen LogP contribution in [-0.4, -0.2) is 45.0 Å². The lowest BCUT2D eigenvalue weighted by Crippen LogP contribution is -2.30. The maximum atomic E-state index is 11.6. The molecule has 0 bridgehead atoms. The Hall–Kier alpha value is -1.11. The fourth-order valence-corrected chi connectivity index (χ4v) is 2.39. The van der Waals surface area contributed by atoms with Crippen LogP contribution in [0, 0.1) is 0 Å². The molecule has 1 amide bonds. The Morgan fingerprint density at radius 2 is 2.18 bits per heavy atom. The minimum atomic E-state index is -0.123. The Kier molecular flexibility index (Phi) is 7.70. The van der Waals surface area contributed by atoms with Gasteiger partial charge in [0.1, 0.15) is 5.75 Å². The predicted molar refractivity (Wildman–Crippen MR) is 87.1 cm³/mol. The van der Waals surface area contributed by atoms with Gasteiger partial charge in [-0.1, -0.05) is 15.9 Å². The number of amides is 1. The van der Waals surface area contributed by atoms with Gasteiger partial charge in [0, 0.05) is 24.2 Å². The van der Waals surface area contributed by atoms with Crippen molar-refractivity contribution < 1.29 is 19.0 Å². The van der Waals surface area contributed by atoms with E-state index in [1.807, 2.05) is 24.3 Å². The zero-order valence-corrected chi connectivity index (χ0v) is 14.1. The Morgan fingerprint density at radius 3 is 2.91 bits per heavy atom. The quantitative estimate of drug-likeness (QED) is 0.677. The van der Waals surface area contributed by atoms with E-state index < -0.39 is 0 Å². The molecule has 122 valence electrons. The van der Waals surface area contributed by atoms with Gasteiger partial charge >= 0.3 is 0 Å². The number of ether oxygens (including phenoxy) is 3. The number of benzene rings is 1. The smallest absolute Gasteiger partial charge is 0.257 e. The van der Waals surface area contributed by atoms with E-state index in [1.165, 1.54) is 0 Å². The second-order valence-electron chi connectivity index (χ2n) is 5.16. The van der Waals surface area contributed by atoms with Gasteiger partial charge in [-0.05, 0) is 43.5 Å². The van der Waals surface area contributed by atoms with Crippen molar-refractivity contribution in [3.8, 4) is 5.75 Å². The number of hydrogen-bond acceptors (Lipinski definition) is 4. The van der Waals surface area contributed by atoms with E-state index in [4.69, 9.17) is 14.2 Å². The Labute approximate surface area is 139 Å². The summed E-state index contributed by atoms with van der Waals surface area (Å²) in [6.07, 6.45) is 3.26. The van der Waals surface area contributed by atoms with Crippen LogP contribution in [0.15, 0.2) is 28.7 Å². The highest BCUT2D eigenvalue weighted by molar-refractivity contribution is 9.10. The van der Waals surface area contributed by atoms with E-state index in [9.17, 15) is 4.79 Å². The van der Waals surface area contributed by atoms with E-state index in [-0.39, 0.29) is 18.6 Å². The molecule has 0 aliphatic carbocycles. The van der Waals surface area contributed by atoms with E-state index in [0.29, 0.717) is 25.5 Å². The molecule has 0 spiro atoms. The number of hydrogen-bond donors (Lipinski definition) is 1. The van der Waals surface area contributed by atoms with Crippen LogP contribution in [0.2, 0.25) is 0 Å². The van der Waals surface area contributed by atoms with Gasteiger partial charge < -0.3 is 19.5 Å². The van der Waals surface area contributed by atoms with Crippen LogP contribution in [0.5, 0.6) is 5.75 Å². The highest BCUT2D eigenvalue weighted by Crippen LogP contribution is 2.15. The maximum absolute atomic E-state index is 11.6. The van der Waals surface area contributed by atoms with Crippen LogP contribution in [0.4, 0.5) is 0 Å². The van der Waals surface area contributed by atoms with Crippen molar-refractivity contribution in [2.24, 2.45) is 0 Å². The first-order valence-electron chi connectivity index (χ1n) is 7.58. The summed E-state index contributed by atoms with van der Waals surface area (Å²) >= 11 is 3.35. The van der Waals surface area contributed by atoms with Gasteiger partial charge in [-0.25, -0.2) is 0 Å². The average Bonchev–Trinajstić information content (AvgIpc) is 3.03. The van der Waals surface area contributed by atoms with Crippen LogP contribution in [0.1, 0.15) is 19.3 Å². The van der Waals surface area contributed by atoms with Gasteiger partial charge in [-0.2, -0.15) is 0 Å². The van der Waals surface area contributed by atoms with Crippen molar-refractivity contribution in [1.82, 2.24) is 5.32 Å². The summed E-state index contributed by atoms with van der Waals surface area (Å²) in [7, 11) is 0. The monoisotopic (exact) mass is 371 g/mol. The Balaban J connectivity index is 1.46. The van der Waals surface area contributed by atoms with Crippen molar-refractivity contribution in [2.45, 2.75) is 25.4 Å². The highest BCUT2D eigenvalue weighted by Gasteiger charge is 2.14. The molecule has 1 unspecified atom stereocenters. The van der Waals surface area contributed by atoms with Crippen molar-refractivity contribution >= 4 is 21.8 Å². The normalized spacial score (nSPS) is 17.4. The topological polar surface area (TPSA) is 56.8 Å². The first-order valence-corrected chi connectivity index (χ1v) is 8.38. The number of carbonyl (C=O) groups excluding carboxylic acids is 1. The molecule has 5 nitrogen and oxygen atoms in total. The maximum Gasteiger partial charge on any atom is 0.257 e. The van der Waals surface area contributed by atoms with Crippen molar-refractivity contribution in [2.75, 3.05) is 33.0 Å². The van der Waals surface area contributed by atoms with Gasteiger partial charge in [-0.3, -0.25) is 4.79 Å². The van der Waals surface area contributed by atoms with Crippen LogP contribution in [-0.2, 0) is 14.3 Å². The second-order valence-corrected chi connectivity index (χ2v) is 6.07. The van der Waals surface area contributed by atoms with Gasteiger partial charge in [-0.15, -0.1) is 0 Å². The minimum Gasteiger partial charge on any atom is -0.484 e. The predicted octanol–water partition coefficient (Wildman–Crippen LogP) is 2.53. The second kappa shape index (κ2) is 9.82. The zero-order chi connectivity index (χ0) is 15.6. The van der Waals surface area contributed by atoms with Gasteiger partial charge in [0.25, 0.3) is 5.91 Å². The molecular formula is C16H22BrNO4. The van der Waals surface area contributed by atoms with Crippen LogP contribution >= 0.6 is 15.9 Å². The first kappa shape index (κ1) is 17.2. The third-order valence-electron chi connectivity index (χ3n) is 3.30. The molecular weight excluding hydrogens is 350 g/mol. The fourth-order valence-electron chi connectivity index (χ4n) is 2.12. The van der Waals surface area contributed by atoms with E-state index >= 15 is 0 Å². The summed E-state index contributed by atoms with van der Waals surface area (Å²) < 4.78 is 17.4. The molecule has 1 aliphatic heterocycles. The molecule has 6 heteroatoms. The molecule has 1 saturated heterocycles. The van der Waals surface area contributed by atoms with Gasteiger partial charge in [0.2, 0.25) is 0 Å². The third kappa shape index (κ3) is 6.77. The average molecular weight is 372 g/mol. The molecule has 1 aliphatic rings.